The first-order valence-corrected chi connectivity index (χ1v) is 11.4. The van der Waals surface area contributed by atoms with Crippen molar-refractivity contribution in [1.82, 2.24) is 4.57 Å². The van der Waals surface area contributed by atoms with Gasteiger partial charge in [-0.15, -0.1) is 0 Å². The zero-order valence-corrected chi connectivity index (χ0v) is 18.7. The summed E-state index contributed by atoms with van der Waals surface area (Å²) in [7, 11) is 1.10. The van der Waals surface area contributed by atoms with Gasteiger partial charge in [0.25, 0.3) is 0 Å². The van der Waals surface area contributed by atoms with Crippen LogP contribution in [-0.4, -0.2) is 72.6 Å². The molecule has 0 aromatic rings. The lowest BCUT2D eigenvalue weighted by molar-refractivity contribution is -0.156. The van der Waals surface area contributed by atoms with E-state index in [9.17, 15) is 9.59 Å². The maximum absolute atomic E-state index is 12.8. The van der Waals surface area contributed by atoms with Crippen molar-refractivity contribution in [3.63, 3.8) is 0 Å². The van der Waals surface area contributed by atoms with Gasteiger partial charge < -0.3 is 22.8 Å². The molecule has 8 nitrogen and oxygen atoms in total. The highest BCUT2D eigenvalue weighted by molar-refractivity contribution is 6.57. The minimum absolute atomic E-state index is 0.139. The topological polar surface area (TPSA) is 83.5 Å². The van der Waals surface area contributed by atoms with E-state index in [1.807, 2.05) is 20.8 Å². The summed E-state index contributed by atoms with van der Waals surface area (Å²) in [5, 5.41) is 0. The fourth-order valence-electron chi connectivity index (χ4n) is 2.61. The number of rotatable bonds is 16. The maximum atomic E-state index is 12.8. The first-order chi connectivity index (χ1) is 13.0. The molecule has 0 radical (unpaired) electrons. The Morgan fingerprint density at radius 3 is 1.81 bits per heavy atom. The molecule has 0 amide bonds. The second kappa shape index (κ2) is 15.0. The number of nitrogens with zero attached hydrogens (tertiary/aromatic N) is 1. The molecular formula is C18H37NO7Si. The Morgan fingerprint density at radius 1 is 0.852 bits per heavy atom. The second-order valence-electron chi connectivity index (χ2n) is 6.14. The van der Waals surface area contributed by atoms with Gasteiger partial charge in [-0.3, -0.25) is 9.59 Å². The van der Waals surface area contributed by atoms with E-state index in [2.05, 4.69) is 0 Å². The largest absolute Gasteiger partial charge is 0.599 e. The summed E-state index contributed by atoms with van der Waals surface area (Å²) in [6.07, 6.45) is 3.94. The van der Waals surface area contributed by atoms with Gasteiger partial charge in [0, 0.05) is 21.3 Å². The molecule has 0 spiro atoms. The third-order valence-corrected chi connectivity index (χ3v) is 6.89. The van der Waals surface area contributed by atoms with Crippen LogP contribution in [0.15, 0.2) is 0 Å². The van der Waals surface area contributed by atoms with E-state index in [-0.39, 0.29) is 6.42 Å². The number of ether oxygens (including phenoxy) is 2. The van der Waals surface area contributed by atoms with Gasteiger partial charge in [0.1, 0.15) is 6.04 Å². The zero-order valence-electron chi connectivity index (χ0n) is 17.7. The normalized spacial score (nSPS) is 12.9. The Kier molecular flexibility index (Phi) is 14.4. The van der Waals surface area contributed by atoms with Gasteiger partial charge in [0.15, 0.2) is 0 Å². The minimum atomic E-state index is -3.32. The lowest BCUT2D eigenvalue weighted by Gasteiger charge is -2.38. The molecule has 0 saturated carbocycles. The van der Waals surface area contributed by atoms with Crippen molar-refractivity contribution < 1.29 is 32.3 Å². The molecule has 1 atom stereocenters. The van der Waals surface area contributed by atoms with E-state index < -0.39 is 26.9 Å². The number of hydrogen-bond acceptors (Lipinski definition) is 8. The lowest BCUT2D eigenvalue weighted by atomic mass is 10.2. The number of esters is 2. The fourth-order valence-corrected chi connectivity index (χ4v) is 4.89. The second-order valence-corrected chi connectivity index (χ2v) is 8.99. The maximum Gasteiger partial charge on any atom is 0.599 e. The van der Waals surface area contributed by atoms with Crippen molar-refractivity contribution in [2.45, 2.75) is 65.3 Å². The quantitative estimate of drug-likeness (QED) is 0.219. The highest BCUT2D eigenvalue weighted by atomic mass is 28.4. The lowest BCUT2D eigenvalue weighted by Crippen LogP contribution is -2.65. The van der Waals surface area contributed by atoms with Gasteiger partial charge >= 0.3 is 20.9 Å². The van der Waals surface area contributed by atoms with Gasteiger partial charge in [-0.25, -0.2) is 4.57 Å². The SMILES string of the molecule is CCCCOC(=O)CC(C(=O)OCCCC)N(CCC)[Si](OC)(OC)OC. The van der Waals surface area contributed by atoms with E-state index in [1.54, 1.807) is 4.57 Å². The zero-order chi connectivity index (χ0) is 20.7. The van der Waals surface area contributed by atoms with Gasteiger partial charge in [-0.2, -0.15) is 0 Å². The molecular weight excluding hydrogens is 370 g/mol. The smallest absolute Gasteiger partial charge is 0.466 e. The molecule has 0 aliphatic heterocycles. The molecule has 0 N–H and O–H groups in total. The van der Waals surface area contributed by atoms with Gasteiger partial charge in [0.2, 0.25) is 0 Å². The van der Waals surface area contributed by atoms with Crippen LogP contribution in [0.2, 0.25) is 0 Å². The van der Waals surface area contributed by atoms with E-state index in [0.29, 0.717) is 26.2 Å². The van der Waals surface area contributed by atoms with Crippen molar-refractivity contribution in [3.05, 3.63) is 0 Å². The molecule has 27 heavy (non-hydrogen) atoms. The Hall–Kier alpha value is -1.00. The summed E-state index contributed by atoms with van der Waals surface area (Å²) in [5.74, 6) is -0.944. The monoisotopic (exact) mass is 407 g/mol. The molecule has 0 saturated heterocycles. The van der Waals surface area contributed by atoms with E-state index in [1.165, 1.54) is 21.3 Å². The summed E-state index contributed by atoms with van der Waals surface area (Å²) in [6.45, 7) is 7.09. The van der Waals surface area contributed by atoms with Crippen LogP contribution in [0.3, 0.4) is 0 Å². The molecule has 0 aromatic heterocycles. The summed E-state index contributed by atoms with van der Waals surface area (Å²) in [6, 6.07) is -0.887. The predicted octanol–water partition coefficient (Wildman–Crippen LogP) is 2.52. The van der Waals surface area contributed by atoms with Crippen LogP contribution in [0, 0.1) is 0 Å². The Labute approximate surface area is 164 Å². The molecule has 0 aliphatic rings. The van der Waals surface area contributed by atoms with Crippen LogP contribution >= 0.6 is 0 Å². The standard InChI is InChI=1S/C18H37NO7Si/c1-7-10-13-25-17(20)15-16(18(21)26-14-11-8-2)19(12-9-3)27(22-4,23-5)24-6/h16H,7-15H2,1-6H3. The van der Waals surface area contributed by atoms with Gasteiger partial charge in [-0.05, 0) is 25.8 Å². The van der Waals surface area contributed by atoms with Crippen molar-refractivity contribution in [1.29, 1.82) is 0 Å². The molecule has 0 bridgehead atoms. The third kappa shape index (κ3) is 8.69. The first-order valence-electron chi connectivity index (χ1n) is 9.70. The molecule has 0 heterocycles. The number of unbranched alkanes of at least 4 members (excludes halogenated alkanes) is 2. The van der Waals surface area contributed by atoms with Crippen LogP contribution in [0.5, 0.6) is 0 Å². The van der Waals surface area contributed by atoms with Crippen molar-refractivity contribution in [2.75, 3.05) is 41.1 Å². The summed E-state index contributed by atoms with van der Waals surface area (Å²) < 4.78 is 29.0. The molecule has 0 fully saturated rings. The average molecular weight is 408 g/mol. The number of hydrogen-bond donors (Lipinski definition) is 0. The summed E-state index contributed by atoms with van der Waals surface area (Å²) >= 11 is 0. The van der Waals surface area contributed by atoms with Crippen molar-refractivity contribution >= 4 is 20.9 Å². The summed E-state index contributed by atoms with van der Waals surface area (Å²) in [5.41, 5.74) is 0. The van der Waals surface area contributed by atoms with E-state index in [0.717, 1.165) is 25.7 Å². The highest BCUT2D eigenvalue weighted by Crippen LogP contribution is 2.21. The van der Waals surface area contributed by atoms with Gasteiger partial charge in [0.05, 0.1) is 19.6 Å². The summed E-state index contributed by atoms with van der Waals surface area (Å²) in [4.78, 5) is 25.1. The van der Waals surface area contributed by atoms with Crippen molar-refractivity contribution in [3.8, 4) is 0 Å². The van der Waals surface area contributed by atoms with Crippen LogP contribution in [0.1, 0.15) is 59.3 Å². The van der Waals surface area contributed by atoms with Gasteiger partial charge in [-0.1, -0.05) is 33.6 Å². The molecule has 9 heteroatoms. The highest BCUT2D eigenvalue weighted by Gasteiger charge is 2.52. The number of carbonyl (C=O) groups excluding carboxylic acids is 2. The first kappa shape index (κ1) is 26.0. The van der Waals surface area contributed by atoms with E-state index >= 15 is 0 Å². The van der Waals surface area contributed by atoms with Crippen LogP contribution in [-0.2, 0) is 32.3 Å². The average Bonchev–Trinajstić information content (AvgIpc) is 2.67. The van der Waals surface area contributed by atoms with Crippen LogP contribution < -0.4 is 0 Å². The Morgan fingerprint density at radius 2 is 1.37 bits per heavy atom. The van der Waals surface area contributed by atoms with E-state index in [4.69, 9.17) is 22.8 Å². The Bertz CT molecular complexity index is 410. The molecule has 0 aliphatic carbocycles. The minimum Gasteiger partial charge on any atom is -0.466 e. The van der Waals surface area contributed by atoms with Crippen molar-refractivity contribution in [2.24, 2.45) is 0 Å². The van der Waals surface area contributed by atoms with Crippen LogP contribution in [0.4, 0.5) is 0 Å². The van der Waals surface area contributed by atoms with Crippen LogP contribution in [0.25, 0.3) is 0 Å². The molecule has 1 unspecified atom stereocenters. The predicted molar refractivity (Wildman–Crippen MR) is 104 cm³/mol. The molecule has 160 valence electrons. The third-order valence-electron chi connectivity index (χ3n) is 4.10. The number of carbonyl (C=O) groups is 2. The molecule has 0 aromatic carbocycles. The Balaban J connectivity index is 5.51. The fraction of sp³-hybridized carbons (Fsp3) is 0.889. The molecule has 0 rings (SSSR count).